The quantitative estimate of drug-likeness (QED) is 0.471. The molecule has 0 spiro atoms. The average Bonchev–Trinajstić information content (AvgIpc) is 3.35. The van der Waals surface area contributed by atoms with Crippen molar-refractivity contribution in [3.05, 3.63) is 64.0 Å². The smallest absolute Gasteiger partial charge is 0.376 e. The van der Waals surface area contributed by atoms with Gasteiger partial charge in [-0.1, -0.05) is 12.1 Å². The number of ether oxygens (including phenoxy) is 1. The van der Waals surface area contributed by atoms with Crippen molar-refractivity contribution in [3.63, 3.8) is 0 Å². The van der Waals surface area contributed by atoms with Crippen LogP contribution in [0.25, 0.3) is 6.08 Å². The van der Waals surface area contributed by atoms with Gasteiger partial charge in [-0.2, -0.15) is 18.4 Å². The van der Waals surface area contributed by atoms with Crippen LogP contribution in [0.1, 0.15) is 40.9 Å². The van der Waals surface area contributed by atoms with E-state index in [9.17, 15) is 23.2 Å². The topological polar surface area (TPSA) is 58.3 Å². The van der Waals surface area contributed by atoms with Gasteiger partial charge in [-0.15, -0.1) is 0 Å². The second-order valence-electron chi connectivity index (χ2n) is 8.10. The van der Waals surface area contributed by atoms with E-state index in [1.165, 1.54) is 24.1 Å². The predicted molar refractivity (Wildman–Crippen MR) is 114 cm³/mol. The molecule has 1 amide bonds. The number of aromatic nitrogens is 1. The molecule has 2 aromatic rings. The Hall–Kier alpha value is -3.05. The fraction of sp³-hybridized carbons (Fsp3) is 0.417. The molecule has 32 heavy (non-hydrogen) atoms. The lowest BCUT2D eigenvalue weighted by Gasteiger charge is -2.17. The molecule has 1 aromatic carbocycles. The van der Waals surface area contributed by atoms with Crippen LogP contribution in [-0.2, 0) is 28.8 Å². The minimum Gasteiger partial charge on any atom is -0.376 e. The first kappa shape index (κ1) is 23.6. The van der Waals surface area contributed by atoms with E-state index in [4.69, 9.17) is 4.74 Å². The number of nitrogens with zero attached hydrogens (tertiary/aromatic N) is 3. The van der Waals surface area contributed by atoms with Gasteiger partial charge in [0.1, 0.15) is 11.6 Å². The average molecular weight is 445 g/mol. The van der Waals surface area contributed by atoms with Gasteiger partial charge in [-0.05, 0) is 62.1 Å². The van der Waals surface area contributed by atoms with E-state index >= 15 is 0 Å². The molecule has 0 saturated carbocycles. The monoisotopic (exact) mass is 445 g/mol. The number of benzene rings is 1. The van der Waals surface area contributed by atoms with E-state index in [1.807, 2.05) is 26.0 Å². The first-order valence-corrected chi connectivity index (χ1v) is 10.4. The molecular weight excluding hydrogens is 419 g/mol. The van der Waals surface area contributed by atoms with E-state index in [-0.39, 0.29) is 18.2 Å². The number of halogens is 3. The van der Waals surface area contributed by atoms with Crippen LogP contribution < -0.4 is 0 Å². The van der Waals surface area contributed by atoms with Crippen LogP contribution in [0, 0.1) is 25.2 Å². The summed E-state index contributed by atoms with van der Waals surface area (Å²) in [5.41, 5.74) is 2.52. The minimum atomic E-state index is -4.41. The number of alkyl halides is 3. The number of carbonyl (C=O) groups excluding carboxylic acids is 1. The van der Waals surface area contributed by atoms with Crippen molar-refractivity contribution < 1.29 is 22.7 Å². The Morgan fingerprint density at radius 1 is 1.31 bits per heavy atom. The van der Waals surface area contributed by atoms with Gasteiger partial charge in [0.2, 0.25) is 0 Å². The number of nitriles is 1. The van der Waals surface area contributed by atoms with Gasteiger partial charge in [0, 0.05) is 38.1 Å². The van der Waals surface area contributed by atoms with E-state index in [1.54, 1.807) is 6.08 Å². The molecule has 0 bridgehead atoms. The Bertz CT molecular complexity index is 1040. The summed E-state index contributed by atoms with van der Waals surface area (Å²) in [7, 11) is 1.52. The van der Waals surface area contributed by atoms with Crippen molar-refractivity contribution in [2.24, 2.45) is 0 Å². The molecule has 0 radical (unpaired) electrons. The largest absolute Gasteiger partial charge is 0.416 e. The van der Waals surface area contributed by atoms with Crippen molar-refractivity contribution >= 4 is 12.0 Å². The summed E-state index contributed by atoms with van der Waals surface area (Å²) in [4.78, 5) is 14.1. The molecule has 3 rings (SSSR count). The number of aryl methyl sites for hydroxylation is 1. The Morgan fingerprint density at radius 2 is 2.00 bits per heavy atom. The number of rotatable bonds is 6. The van der Waals surface area contributed by atoms with Crippen molar-refractivity contribution in [2.75, 3.05) is 13.7 Å². The maximum atomic E-state index is 12.8. The Kier molecular flexibility index (Phi) is 7.09. The zero-order chi connectivity index (χ0) is 23.5. The molecule has 170 valence electrons. The normalized spacial score (nSPS) is 16.8. The molecule has 1 aliphatic rings. The molecular formula is C24H26F3N3O2. The third kappa shape index (κ3) is 5.40. The first-order valence-electron chi connectivity index (χ1n) is 10.4. The SMILES string of the molecule is Cc1cc(/C=C(\C#N)C(=O)N(C)Cc2ccc(C(F)(F)F)cc2)c(C)n1CC1CCCO1. The highest BCUT2D eigenvalue weighted by Gasteiger charge is 2.30. The molecule has 2 heterocycles. The zero-order valence-electron chi connectivity index (χ0n) is 18.4. The molecule has 0 N–H and O–H groups in total. The summed E-state index contributed by atoms with van der Waals surface area (Å²) in [6.45, 7) is 5.52. The molecule has 1 aromatic heterocycles. The summed E-state index contributed by atoms with van der Waals surface area (Å²) in [6.07, 6.45) is -0.607. The third-order valence-corrected chi connectivity index (χ3v) is 5.72. The van der Waals surface area contributed by atoms with Crippen molar-refractivity contribution in [1.29, 1.82) is 5.26 Å². The maximum absolute atomic E-state index is 12.8. The number of hydrogen-bond acceptors (Lipinski definition) is 3. The first-order chi connectivity index (χ1) is 15.1. The molecule has 8 heteroatoms. The summed E-state index contributed by atoms with van der Waals surface area (Å²) >= 11 is 0. The molecule has 1 aliphatic heterocycles. The van der Waals surface area contributed by atoms with Gasteiger partial charge in [0.15, 0.2) is 0 Å². The molecule has 0 aliphatic carbocycles. The second kappa shape index (κ2) is 9.61. The van der Waals surface area contributed by atoms with Crippen molar-refractivity contribution in [3.8, 4) is 6.07 Å². The lowest BCUT2D eigenvalue weighted by molar-refractivity contribution is -0.137. The second-order valence-corrected chi connectivity index (χ2v) is 8.10. The van der Waals surface area contributed by atoms with Gasteiger partial charge < -0.3 is 14.2 Å². The van der Waals surface area contributed by atoms with E-state index in [0.29, 0.717) is 5.56 Å². The number of amides is 1. The highest BCUT2D eigenvalue weighted by Crippen LogP contribution is 2.29. The van der Waals surface area contributed by atoms with Gasteiger partial charge in [-0.25, -0.2) is 0 Å². The van der Waals surface area contributed by atoms with E-state index in [0.717, 1.165) is 55.1 Å². The number of hydrogen-bond donors (Lipinski definition) is 0. The van der Waals surface area contributed by atoms with Crippen molar-refractivity contribution in [2.45, 2.75) is 52.1 Å². The molecule has 5 nitrogen and oxygen atoms in total. The minimum absolute atomic E-state index is 0.0308. The molecule has 1 unspecified atom stereocenters. The van der Waals surface area contributed by atoms with Crippen LogP contribution in [0.2, 0.25) is 0 Å². The van der Waals surface area contributed by atoms with Crippen LogP contribution in [0.15, 0.2) is 35.9 Å². The molecule has 1 saturated heterocycles. The van der Waals surface area contributed by atoms with Gasteiger partial charge in [0.05, 0.1) is 11.7 Å². The predicted octanol–water partition coefficient (Wildman–Crippen LogP) is 4.87. The molecule has 1 fully saturated rings. The van der Waals surface area contributed by atoms with Crippen molar-refractivity contribution in [1.82, 2.24) is 9.47 Å². The highest BCUT2D eigenvalue weighted by atomic mass is 19.4. The van der Waals surface area contributed by atoms with Crippen LogP contribution in [-0.4, -0.2) is 35.1 Å². The third-order valence-electron chi connectivity index (χ3n) is 5.72. The van der Waals surface area contributed by atoms with E-state index < -0.39 is 17.6 Å². The highest BCUT2D eigenvalue weighted by molar-refractivity contribution is 6.01. The Morgan fingerprint density at radius 3 is 2.56 bits per heavy atom. The lowest BCUT2D eigenvalue weighted by atomic mass is 10.1. The summed E-state index contributed by atoms with van der Waals surface area (Å²) in [6, 6.07) is 8.53. The maximum Gasteiger partial charge on any atom is 0.416 e. The standard InChI is InChI=1S/C24H26F3N3O2/c1-16-11-19(17(2)30(16)15-22-5-4-10-32-22)12-20(13-28)23(31)29(3)14-18-6-8-21(9-7-18)24(25,26)27/h6-9,11-12,22H,4-5,10,14-15H2,1-3H3/b20-12+. The van der Waals surface area contributed by atoms with Crippen LogP contribution in [0.4, 0.5) is 13.2 Å². The zero-order valence-corrected chi connectivity index (χ0v) is 18.4. The van der Waals surface area contributed by atoms with Gasteiger partial charge in [-0.3, -0.25) is 4.79 Å². The fourth-order valence-corrected chi connectivity index (χ4v) is 3.89. The van der Waals surface area contributed by atoms with Crippen LogP contribution >= 0.6 is 0 Å². The fourth-order valence-electron chi connectivity index (χ4n) is 3.89. The van der Waals surface area contributed by atoms with Gasteiger partial charge in [0.25, 0.3) is 5.91 Å². The lowest BCUT2D eigenvalue weighted by Crippen LogP contribution is -2.27. The number of likely N-dealkylation sites (N-methyl/N-ethyl adjacent to an activating group) is 1. The Labute approximate surface area is 185 Å². The van der Waals surface area contributed by atoms with E-state index in [2.05, 4.69) is 4.57 Å². The summed E-state index contributed by atoms with van der Waals surface area (Å²) < 4.78 is 46.0. The summed E-state index contributed by atoms with van der Waals surface area (Å²) in [5.74, 6) is -0.490. The Balaban J connectivity index is 1.74. The van der Waals surface area contributed by atoms with Gasteiger partial charge >= 0.3 is 6.18 Å². The van der Waals surface area contributed by atoms with Crippen LogP contribution in [0.5, 0.6) is 0 Å². The van der Waals surface area contributed by atoms with Crippen LogP contribution in [0.3, 0.4) is 0 Å². The summed E-state index contributed by atoms with van der Waals surface area (Å²) in [5, 5.41) is 9.58. The molecule has 1 atom stereocenters. The number of carbonyl (C=O) groups is 1.